The van der Waals surface area contributed by atoms with Crippen molar-refractivity contribution < 1.29 is 21.6 Å². The Morgan fingerprint density at radius 2 is 2.00 bits per heavy atom. The standard InChI is InChI=1S/C13H14F3NO2S2/c1-9(8-21(2,18)19)7-20-11-4-3-10(6-17)12(5-11)13(14,15)16/h3-5,9H,7-8H2,1-2H3/t9-/m0/s1. The lowest BCUT2D eigenvalue weighted by molar-refractivity contribution is -0.137. The maximum absolute atomic E-state index is 12.8. The summed E-state index contributed by atoms with van der Waals surface area (Å²) in [5, 5.41) is 8.69. The molecular formula is C13H14F3NO2S2. The van der Waals surface area contributed by atoms with Crippen LogP contribution in [-0.4, -0.2) is 26.2 Å². The number of rotatable bonds is 5. The van der Waals surface area contributed by atoms with E-state index in [1.807, 2.05) is 0 Å². The van der Waals surface area contributed by atoms with Gasteiger partial charge in [0.25, 0.3) is 0 Å². The summed E-state index contributed by atoms with van der Waals surface area (Å²) in [4.78, 5) is 0.363. The number of benzene rings is 1. The fourth-order valence-electron chi connectivity index (χ4n) is 1.75. The molecule has 0 aliphatic rings. The van der Waals surface area contributed by atoms with E-state index >= 15 is 0 Å². The predicted octanol–water partition coefficient (Wildman–Crippen LogP) is 3.35. The Kier molecular flexibility index (Phi) is 5.70. The highest BCUT2D eigenvalue weighted by Crippen LogP contribution is 2.34. The third-order valence-electron chi connectivity index (χ3n) is 2.54. The molecule has 0 amide bonds. The summed E-state index contributed by atoms with van der Waals surface area (Å²) in [7, 11) is -3.11. The number of nitriles is 1. The second-order valence-electron chi connectivity index (χ2n) is 4.83. The van der Waals surface area contributed by atoms with Crippen molar-refractivity contribution in [3.63, 3.8) is 0 Å². The van der Waals surface area contributed by atoms with Gasteiger partial charge in [-0.15, -0.1) is 11.8 Å². The smallest absolute Gasteiger partial charge is 0.229 e. The lowest BCUT2D eigenvalue weighted by atomic mass is 10.1. The van der Waals surface area contributed by atoms with Gasteiger partial charge in [-0.1, -0.05) is 6.92 Å². The van der Waals surface area contributed by atoms with Gasteiger partial charge in [0.1, 0.15) is 9.84 Å². The molecule has 1 atom stereocenters. The first-order valence-corrected chi connectivity index (χ1v) is 8.99. The number of hydrogen-bond acceptors (Lipinski definition) is 4. The van der Waals surface area contributed by atoms with Crippen molar-refractivity contribution in [2.45, 2.75) is 18.0 Å². The van der Waals surface area contributed by atoms with Crippen LogP contribution in [0.1, 0.15) is 18.1 Å². The molecule has 0 saturated heterocycles. The number of nitrogens with zero attached hydrogens (tertiary/aromatic N) is 1. The van der Waals surface area contributed by atoms with Crippen molar-refractivity contribution >= 4 is 21.6 Å². The molecule has 0 unspecified atom stereocenters. The van der Waals surface area contributed by atoms with Crippen molar-refractivity contribution in [1.29, 1.82) is 5.26 Å². The van der Waals surface area contributed by atoms with Gasteiger partial charge in [0.05, 0.1) is 22.9 Å². The zero-order valence-corrected chi connectivity index (χ0v) is 13.1. The summed E-state index contributed by atoms with van der Waals surface area (Å²) < 4.78 is 60.6. The van der Waals surface area contributed by atoms with Gasteiger partial charge in [0.15, 0.2) is 0 Å². The molecule has 1 aromatic carbocycles. The molecule has 8 heteroatoms. The van der Waals surface area contributed by atoms with Crippen LogP contribution >= 0.6 is 11.8 Å². The van der Waals surface area contributed by atoms with E-state index in [0.717, 1.165) is 30.2 Å². The summed E-state index contributed by atoms with van der Waals surface area (Å²) in [6, 6.07) is 5.01. The molecule has 21 heavy (non-hydrogen) atoms. The maximum atomic E-state index is 12.8. The molecule has 0 N–H and O–H groups in total. The van der Waals surface area contributed by atoms with Crippen LogP contribution in [0.3, 0.4) is 0 Å². The molecule has 0 aliphatic heterocycles. The number of hydrogen-bond donors (Lipinski definition) is 0. The van der Waals surface area contributed by atoms with Gasteiger partial charge in [0, 0.05) is 16.9 Å². The first kappa shape index (κ1) is 17.9. The van der Waals surface area contributed by atoms with Crippen LogP contribution in [0.5, 0.6) is 0 Å². The summed E-state index contributed by atoms with van der Waals surface area (Å²) in [6.45, 7) is 1.72. The van der Waals surface area contributed by atoms with E-state index in [4.69, 9.17) is 5.26 Å². The highest BCUT2D eigenvalue weighted by molar-refractivity contribution is 7.99. The summed E-state index contributed by atoms with van der Waals surface area (Å²) in [6.07, 6.45) is -3.46. The molecule has 0 aromatic heterocycles. The van der Waals surface area contributed by atoms with Crippen molar-refractivity contribution in [3.8, 4) is 6.07 Å². The third kappa shape index (κ3) is 5.98. The number of halogens is 3. The van der Waals surface area contributed by atoms with E-state index < -0.39 is 27.1 Å². The molecule has 0 heterocycles. The zero-order valence-electron chi connectivity index (χ0n) is 11.4. The van der Waals surface area contributed by atoms with Crippen molar-refractivity contribution in [2.75, 3.05) is 17.8 Å². The van der Waals surface area contributed by atoms with Gasteiger partial charge in [-0.3, -0.25) is 0 Å². The van der Waals surface area contributed by atoms with Crippen LogP contribution in [0.2, 0.25) is 0 Å². The Hall–Kier alpha value is -1.20. The first-order chi connectivity index (χ1) is 9.53. The average Bonchev–Trinajstić information content (AvgIpc) is 2.33. The Balaban J connectivity index is 2.85. The van der Waals surface area contributed by atoms with E-state index in [0.29, 0.717) is 10.6 Å². The van der Waals surface area contributed by atoms with Crippen molar-refractivity contribution in [3.05, 3.63) is 29.3 Å². The predicted molar refractivity (Wildman–Crippen MR) is 75.8 cm³/mol. The van der Waals surface area contributed by atoms with E-state index in [9.17, 15) is 21.6 Å². The van der Waals surface area contributed by atoms with Crippen molar-refractivity contribution in [1.82, 2.24) is 0 Å². The molecule has 0 fully saturated rings. The normalized spacial score (nSPS) is 13.7. The van der Waals surface area contributed by atoms with Gasteiger partial charge in [-0.25, -0.2) is 8.42 Å². The van der Waals surface area contributed by atoms with E-state index in [1.54, 1.807) is 6.92 Å². The average molecular weight is 337 g/mol. The van der Waals surface area contributed by atoms with Gasteiger partial charge >= 0.3 is 6.18 Å². The summed E-state index contributed by atoms with van der Waals surface area (Å²) in [5.41, 5.74) is -1.39. The fourth-order valence-corrected chi connectivity index (χ4v) is 4.01. The Morgan fingerprint density at radius 1 is 1.38 bits per heavy atom. The molecule has 0 radical (unpaired) electrons. The monoisotopic (exact) mass is 337 g/mol. The van der Waals surface area contributed by atoms with Crippen LogP contribution in [0, 0.1) is 17.2 Å². The highest BCUT2D eigenvalue weighted by atomic mass is 32.2. The molecule has 0 saturated carbocycles. The third-order valence-corrected chi connectivity index (χ3v) is 5.04. The summed E-state index contributed by atoms with van der Waals surface area (Å²) in [5.74, 6) is 0.202. The number of sulfone groups is 1. The van der Waals surface area contributed by atoms with Crippen LogP contribution in [0.4, 0.5) is 13.2 Å². The Labute approximate surface area is 126 Å². The lowest BCUT2D eigenvalue weighted by Crippen LogP contribution is -2.14. The molecule has 1 rings (SSSR count). The Bertz CT molecular complexity index is 648. The quantitative estimate of drug-likeness (QED) is 0.773. The molecule has 0 aliphatic carbocycles. The minimum absolute atomic E-state index is 0.0115. The zero-order chi connectivity index (χ0) is 16.3. The fraction of sp³-hybridized carbons (Fsp3) is 0.462. The number of alkyl halides is 3. The van der Waals surface area contributed by atoms with Gasteiger partial charge in [0.2, 0.25) is 0 Å². The van der Waals surface area contributed by atoms with E-state index in [1.165, 1.54) is 12.1 Å². The maximum Gasteiger partial charge on any atom is 0.417 e. The first-order valence-electron chi connectivity index (χ1n) is 5.95. The SMILES string of the molecule is C[C@@H](CSc1ccc(C#N)c(C(F)(F)F)c1)CS(C)(=O)=O. The topological polar surface area (TPSA) is 57.9 Å². The van der Waals surface area contributed by atoms with Crippen LogP contribution < -0.4 is 0 Å². The molecule has 3 nitrogen and oxygen atoms in total. The second kappa shape index (κ2) is 6.71. The van der Waals surface area contributed by atoms with Gasteiger partial charge in [-0.05, 0) is 24.1 Å². The van der Waals surface area contributed by atoms with Crippen LogP contribution in [0.25, 0.3) is 0 Å². The number of thioether (sulfide) groups is 1. The van der Waals surface area contributed by atoms with Crippen LogP contribution in [0.15, 0.2) is 23.1 Å². The highest BCUT2D eigenvalue weighted by Gasteiger charge is 2.33. The van der Waals surface area contributed by atoms with E-state index in [-0.39, 0.29) is 11.7 Å². The van der Waals surface area contributed by atoms with Crippen LogP contribution in [-0.2, 0) is 16.0 Å². The molecule has 0 bridgehead atoms. The molecule has 0 spiro atoms. The molecule has 116 valence electrons. The van der Waals surface area contributed by atoms with E-state index in [2.05, 4.69) is 0 Å². The minimum atomic E-state index is -4.58. The Morgan fingerprint density at radius 3 is 2.48 bits per heavy atom. The largest absolute Gasteiger partial charge is 0.417 e. The molecule has 1 aromatic rings. The van der Waals surface area contributed by atoms with Gasteiger partial charge in [-0.2, -0.15) is 18.4 Å². The molecular weight excluding hydrogens is 323 g/mol. The lowest BCUT2D eigenvalue weighted by Gasteiger charge is -2.12. The van der Waals surface area contributed by atoms with Gasteiger partial charge < -0.3 is 0 Å². The minimum Gasteiger partial charge on any atom is -0.229 e. The summed E-state index contributed by atoms with van der Waals surface area (Å²) >= 11 is 1.14. The van der Waals surface area contributed by atoms with Crippen molar-refractivity contribution in [2.24, 2.45) is 5.92 Å². The second-order valence-corrected chi connectivity index (χ2v) is 8.10.